The third-order valence-corrected chi connectivity index (χ3v) is 4.29. The minimum Gasteiger partial charge on any atom is -0.322 e. The second-order valence-corrected chi connectivity index (χ2v) is 5.68. The number of carbonyl (C=O) groups excluding carboxylic acids is 1. The second-order valence-electron chi connectivity index (χ2n) is 5.30. The monoisotopic (exact) mass is 300 g/mol. The summed E-state index contributed by atoms with van der Waals surface area (Å²) in [6.45, 7) is 3.76. The highest BCUT2D eigenvalue weighted by molar-refractivity contribution is 6.35. The maximum Gasteiger partial charge on any atom is 0.257 e. The van der Waals surface area contributed by atoms with Crippen molar-refractivity contribution in [3.63, 3.8) is 0 Å². The summed E-state index contributed by atoms with van der Waals surface area (Å²) < 4.78 is 0. The summed E-state index contributed by atoms with van der Waals surface area (Å²) in [6, 6.07) is 11.5. The van der Waals surface area contributed by atoms with Crippen molar-refractivity contribution in [2.24, 2.45) is 0 Å². The average molecular weight is 301 g/mol. The highest BCUT2D eigenvalue weighted by Crippen LogP contribution is 2.23. The SMILES string of the molecule is Cc1cccc(C(=O)Nc2ccc3c(c2)CNCC3)c1Cl. The van der Waals surface area contributed by atoms with Gasteiger partial charge in [0, 0.05) is 12.2 Å². The molecule has 0 bridgehead atoms. The Hall–Kier alpha value is -1.84. The minimum absolute atomic E-state index is 0.174. The van der Waals surface area contributed by atoms with Crippen LogP contribution in [0.4, 0.5) is 5.69 Å². The molecule has 0 aromatic heterocycles. The Morgan fingerprint density at radius 3 is 2.95 bits per heavy atom. The topological polar surface area (TPSA) is 41.1 Å². The molecule has 0 aliphatic carbocycles. The zero-order valence-electron chi connectivity index (χ0n) is 11.9. The molecule has 21 heavy (non-hydrogen) atoms. The maximum absolute atomic E-state index is 12.3. The molecule has 0 fully saturated rings. The van der Waals surface area contributed by atoms with Gasteiger partial charge in [0.1, 0.15) is 0 Å². The Labute approximate surface area is 129 Å². The zero-order chi connectivity index (χ0) is 14.8. The van der Waals surface area contributed by atoms with Crippen molar-refractivity contribution in [1.82, 2.24) is 5.32 Å². The van der Waals surface area contributed by atoms with Crippen LogP contribution >= 0.6 is 11.6 Å². The average Bonchev–Trinajstić information content (AvgIpc) is 2.50. The van der Waals surface area contributed by atoms with Gasteiger partial charge in [-0.25, -0.2) is 0 Å². The van der Waals surface area contributed by atoms with Gasteiger partial charge < -0.3 is 10.6 Å². The number of amides is 1. The lowest BCUT2D eigenvalue weighted by Gasteiger charge is -2.18. The predicted octanol–water partition coefficient (Wildman–Crippen LogP) is 3.55. The number of aryl methyl sites for hydroxylation is 1. The van der Waals surface area contributed by atoms with E-state index < -0.39 is 0 Å². The number of hydrogen-bond acceptors (Lipinski definition) is 2. The molecular formula is C17H17ClN2O. The van der Waals surface area contributed by atoms with Crippen LogP contribution in [0.2, 0.25) is 5.02 Å². The van der Waals surface area contributed by atoms with Crippen molar-refractivity contribution >= 4 is 23.2 Å². The van der Waals surface area contributed by atoms with Crippen molar-refractivity contribution in [2.75, 3.05) is 11.9 Å². The van der Waals surface area contributed by atoms with Gasteiger partial charge >= 0.3 is 0 Å². The van der Waals surface area contributed by atoms with Crippen LogP contribution in [0.25, 0.3) is 0 Å². The van der Waals surface area contributed by atoms with Crippen molar-refractivity contribution in [2.45, 2.75) is 19.9 Å². The van der Waals surface area contributed by atoms with Crippen molar-refractivity contribution in [3.05, 3.63) is 63.7 Å². The van der Waals surface area contributed by atoms with E-state index in [0.29, 0.717) is 10.6 Å². The summed E-state index contributed by atoms with van der Waals surface area (Å²) in [4.78, 5) is 12.3. The Morgan fingerprint density at radius 1 is 1.24 bits per heavy atom. The molecule has 108 valence electrons. The first kappa shape index (κ1) is 14.1. The third kappa shape index (κ3) is 2.94. The highest BCUT2D eigenvalue weighted by atomic mass is 35.5. The molecule has 3 rings (SSSR count). The first-order chi connectivity index (χ1) is 10.1. The van der Waals surface area contributed by atoms with Crippen molar-refractivity contribution in [3.8, 4) is 0 Å². The number of rotatable bonds is 2. The van der Waals surface area contributed by atoms with Crippen LogP contribution in [-0.2, 0) is 13.0 Å². The number of carbonyl (C=O) groups is 1. The number of anilines is 1. The number of hydrogen-bond donors (Lipinski definition) is 2. The summed E-state index contributed by atoms with van der Waals surface area (Å²) >= 11 is 6.20. The molecule has 0 unspecified atom stereocenters. The summed E-state index contributed by atoms with van der Waals surface area (Å²) in [7, 11) is 0. The minimum atomic E-state index is -0.174. The quantitative estimate of drug-likeness (QED) is 0.890. The predicted molar refractivity (Wildman–Crippen MR) is 86.0 cm³/mol. The molecule has 2 N–H and O–H groups in total. The molecule has 1 aliphatic heterocycles. The van der Waals surface area contributed by atoms with Gasteiger partial charge in [-0.05, 0) is 54.8 Å². The van der Waals surface area contributed by atoms with Gasteiger partial charge in [-0.3, -0.25) is 4.79 Å². The molecule has 1 heterocycles. The van der Waals surface area contributed by atoms with Gasteiger partial charge in [-0.1, -0.05) is 29.8 Å². The molecule has 2 aromatic carbocycles. The van der Waals surface area contributed by atoms with E-state index in [4.69, 9.17) is 11.6 Å². The van der Waals surface area contributed by atoms with E-state index in [-0.39, 0.29) is 5.91 Å². The molecule has 1 amide bonds. The summed E-state index contributed by atoms with van der Waals surface area (Å²) in [5.74, 6) is -0.174. The van der Waals surface area contributed by atoms with Gasteiger partial charge in [0.05, 0.1) is 10.6 Å². The van der Waals surface area contributed by atoms with Gasteiger partial charge in [-0.15, -0.1) is 0 Å². The highest BCUT2D eigenvalue weighted by Gasteiger charge is 2.13. The second kappa shape index (κ2) is 5.88. The summed E-state index contributed by atoms with van der Waals surface area (Å²) in [5, 5.41) is 6.77. The molecule has 0 atom stereocenters. The lowest BCUT2D eigenvalue weighted by molar-refractivity contribution is 0.102. The molecule has 0 saturated carbocycles. The van der Waals surface area contributed by atoms with E-state index in [1.165, 1.54) is 11.1 Å². The number of halogens is 1. The molecule has 0 radical (unpaired) electrons. The summed E-state index contributed by atoms with van der Waals surface area (Å²) in [6.07, 6.45) is 1.03. The van der Waals surface area contributed by atoms with Crippen LogP contribution in [-0.4, -0.2) is 12.5 Å². The van der Waals surface area contributed by atoms with Crippen molar-refractivity contribution in [1.29, 1.82) is 0 Å². The van der Waals surface area contributed by atoms with Crippen LogP contribution in [0.15, 0.2) is 36.4 Å². The van der Waals surface area contributed by atoms with Crippen LogP contribution < -0.4 is 10.6 Å². The maximum atomic E-state index is 12.3. The van der Waals surface area contributed by atoms with Gasteiger partial charge in [0.15, 0.2) is 0 Å². The Morgan fingerprint density at radius 2 is 2.10 bits per heavy atom. The Kier molecular flexibility index (Phi) is 3.95. The lowest BCUT2D eigenvalue weighted by Crippen LogP contribution is -2.23. The largest absolute Gasteiger partial charge is 0.322 e. The smallest absolute Gasteiger partial charge is 0.257 e. The van der Waals surface area contributed by atoms with E-state index in [1.54, 1.807) is 6.07 Å². The van der Waals surface area contributed by atoms with E-state index in [9.17, 15) is 4.79 Å². The summed E-state index contributed by atoms with van der Waals surface area (Å²) in [5.41, 5.74) is 4.81. The van der Waals surface area contributed by atoms with Crippen molar-refractivity contribution < 1.29 is 4.79 Å². The normalized spacial score (nSPS) is 13.6. The van der Waals surface area contributed by atoms with E-state index in [2.05, 4.69) is 16.7 Å². The van der Waals surface area contributed by atoms with Gasteiger partial charge in [-0.2, -0.15) is 0 Å². The fourth-order valence-electron chi connectivity index (χ4n) is 2.58. The van der Waals surface area contributed by atoms with E-state index >= 15 is 0 Å². The number of benzene rings is 2. The fourth-order valence-corrected chi connectivity index (χ4v) is 2.79. The molecule has 4 heteroatoms. The third-order valence-electron chi connectivity index (χ3n) is 3.79. The lowest BCUT2D eigenvalue weighted by atomic mass is 10.0. The molecule has 2 aromatic rings. The Bertz CT molecular complexity index is 697. The van der Waals surface area contributed by atoms with Gasteiger partial charge in [0.25, 0.3) is 5.91 Å². The standard InChI is InChI=1S/C17H17ClN2O/c1-11-3-2-4-15(16(11)18)17(21)20-14-6-5-12-7-8-19-10-13(12)9-14/h2-6,9,19H,7-8,10H2,1H3,(H,20,21). The first-order valence-corrected chi connectivity index (χ1v) is 7.42. The fraction of sp³-hybridized carbons (Fsp3) is 0.235. The number of fused-ring (bicyclic) bond motifs is 1. The molecular weight excluding hydrogens is 284 g/mol. The number of nitrogens with one attached hydrogen (secondary N) is 2. The molecule has 0 spiro atoms. The van der Waals surface area contributed by atoms with Gasteiger partial charge in [0.2, 0.25) is 0 Å². The van der Waals surface area contributed by atoms with Crippen LogP contribution in [0, 0.1) is 6.92 Å². The van der Waals surface area contributed by atoms with Crippen LogP contribution in [0.3, 0.4) is 0 Å². The van der Waals surface area contributed by atoms with E-state index in [1.807, 2.05) is 31.2 Å². The Balaban J connectivity index is 1.83. The van der Waals surface area contributed by atoms with Crippen LogP contribution in [0.5, 0.6) is 0 Å². The van der Waals surface area contributed by atoms with Crippen LogP contribution in [0.1, 0.15) is 27.0 Å². The first-order valence-electron chi connectivity index (χ1n) is 7.04. The van der Waals surface area contributed by atoms with E-state index in [0.717, 1.165) is 30.8 Å². The molecule has 0 saturated heterocycles. The molecule has 3 nitrogen and oxygen atoms in total. The molecule has 1 aliphatic rings. The zero-order valence-corrected chi connectivity index (χ0v) is 12.6.